The molecule has 21 heteroatoms. The Bertz CT molecular complexity index is 2660. The molecular weight excluding hydrogens is 915 g/mol. The highest BCUT2D eigenvalue weighted by Gasteiger charge is 2.33. The lowest BCUT2D eigenvalue weighted by Gasteiger charge is -2.34. The van der Waals surface area contributed by atoms with E-state index in [4.69, 9.17) is 49.3 Å². The van der Waals surface area contributed by atoms with Crippen LogP contribution < -0.4 is 15.8 Å². The monoisotopic (exact) mass is 960 g/mol. The number of amides is 3. The molecule has 6 heterocycles. The van der Waals surface area contributed by atoms with Crippen LogP contribution in [0.1, 0.15) is 68.4 Å². The molecule has 5 aromatic rings. The molecule has 2 aromatic carbocycles. The molecule has 0 aliphatic carbocycles. The van der Waals surface area contributed by atoms with E-state index in [1.165, 1.54) is 4.88 Å². The molecule has 3 aliphatic rings. The van der Waals surface area contributed by atoms with Gasteiger partial charge in [-0.05, 0) is 63.6 Å². The maximum atomic E-state index is 13.5. The van der Waals surface area contributed by atoms with Crippen LogP contribution in [-0.4, -0.2) is 129 Å². The van der Waals surface area contributed by atoms with Crippen LogP contribution in [0.15, 0.2) is 58.5 Å². The van der Waals surface area contributed by atoms with Crippen LogP contribution >= 0.6 is 46.1 Å². The molecular formula is C44H47Cl3N12O5S. The molecule has 0 unspecified atom stereocenters. The number of hydrogen-bond acceptors (Lipinski definition) is 13. The van der Waals surface area contributed by atoms with E-state index >= 15 is 0 Å². The van der Waals surface area contributed by atoms with Gasteiger partial charge in [-0.15, -0.1) is 21.5 Å². The standard InChI is InChI=1S/C44H47Cl3N12O5S/c1-25-21-36(51-35-11-13-58(55-35)31-9-10-32(46)33(47)22-31)52-41(49-25)43(62)57-16-14-56(15-17-57)38(61)24-64-20-19-63-18-12-48-37(60)23-34-42-54-53-28(4)59(42)44-39(26(2)27(3)65-44)40(50-34)29-5-7-30(45)8-6-29/h5-10,21-22,34H,11-20,23-24H2,1-4H3,(H,48,60)(H,49,51,52,55)/t34-/m0/s1. The Labute approximate surface area is 394 Å². The quantitative estimate of drug-likeness (QED) is 0.121. The lowest BCUT2D eigenvalue weighted by molar-refractivity contribution is -0.138. The van der Waals surface area contributed by atoms with Crippen LogP contribution in [0.2, 0.25) is 15.1 Å². The lowest BCUT2D eigenvalue weighted by atomic mass is 9.99. The van der Waals surface area contributed by atoms with Gasteiger partial charge < -0.3 is 24.6 Å². The number of halogens is 3. The first-order chi connectivity index (χ1) is 31.3. The minimum atomic E-state index is -0.580. The van der Waals surface area contributed by atoms with E-state index < -0.39 is 6.04 Å². The zero-order valence-corrected chi connectivity index (χ0v) is 39.3. The highest BCUT2D eigenvalue weighted by molar-refractivity contribution is 7.15. The summed E-state index contributed by atoms with van der Waals surface area (Å²) in [5.41, 5.74) is 8.51. The zero-order chi connectivity index (χ0) is 45.8. The summed E-state index contributed by atoms with van der Waals surface area (Å²) in [5.74, 6) is 1.71. The highest BCUT2D eigenvalue weighted by Crippen LogP contribution is 2.39. The number of nitrogens with one attached hydrogen (secondary N) is 2. The molecule has 65 heavy (non-hydrogen) atoms. The van der Waals surface area contributed by atoms with Gasteiger partial charge in [0.1, 0.15) is 29.3 Å². The topological polar surface area (TPSA) is 185 Å². The largest absolute Gasteiger partial charge is 0.377 e. The molecule has 1 atom stereocenters. The third kappa shape index (κ3) is 10.6. The van der Waals surface area contributed by atoms with Crippen molar-refractivity contribution in [2.24, 2.45) is 9.98 Å². The van der Waals surface area contributed by atoms with E-state index in [9.17, 15) is 14.4 Å². The van der Waals surface area contributed by atoms with Gasteiger partial charge in [0.05, 0.1) is 47.7 Å². The first-order valence-corrected chi connectivity index (χ1v) is 23.1. The molecule has 2 N–H and O–H groups in total. The van der Waals surface area contributed by atoms with E-state index in [1.807, 2.05) is 46.8 Å². The van der Waals surface area contributed by atoms with E-state index in [2.05, 4.69) is 49.7 Å². The Morgan fingerprint density at radius 1 is 0.877 bits per heavy atom. The Kier molecular flexibility index (Phi) is 14.4. The number of aromatic nitrogens is 5. The van der Waals surface area contributed by atoms with E-state index in [-0.39, 0.29) is 62.9 Å². The van der Waals surface area contributed by atoms with Gasteiger partial charge in [-0.1, -0.05) is 46.9 Å². The fourth-order valence-electron chi connectivity index (χ4n) is 7.67. The van der Waals surface area contributed by atoms with Crippen LogP contribution in [0.4, 0.5) is 11.5 Å². The number of hydrazine groups is 1. The maximum Gasteiger partial charge on any atom is 0.291 e. The summed E-state index contributed by atoms with van der Waals surface area (Å²) < 4.78 is 13.3. The fourth-order valence-corrected chi connectivity index (χ4v) is 9.30. The number of ether oxygens (including phenoxy) is 2. The number of fused-ring (bicyclic) bond motifs is 3. The molecule has 3 aromatic heterocycles. The van der Waals surface area contributed by atoms with Crippen LogP contribution in [-0.2, 0) is 19.1 Å². The zero-order valence-electron chi connectivity index (χ0n) is 36.2. The first-order valence-electron chi connectivity index (χ1n) is 21.1. The van der Waals surface area contributed by atoms with Crippen molar-refractivity contribution in [2.75, 3.05) is 70.7 Å². The molecule has 0 saturated carbocycles. The van der Waals surface area contributed by atoms with Gasteiger partial charge in [0.2, 0.25) is 17.6 Å². The van der Waals surface area contributed by atoms with Crippen molar-refractivity contribution in [3.8, 4) is 5.00 Å². The summed E-state index contributed by atoms with van der Waals surface area (Å²) in [6.45, 7) is 10.7. The summed E-state index contributed by atoms with van der Waals surface area (Å²) >= 11 is 20.2. The molecule has 17 nitrogen and oxygen atoms in total. The van der Waals surface area contributed by atoms with Crippen LogP contribution in [0, 0.1) is 27.7 Å². The number of hydrogen-bond donors (Lipinski definition) is 2. The molecule has 3 aliphatic heterocycles. The summed E-state index contributed by atoms with van der Waals surface area (Å²) in [6, 6.07) is 14.1. The van der Waals surface area contributed by atoms with Gasteiger partial charge in [0.25, 0.3) is 5.91 Å². The van der Waals surface area contributed by atoms with Gasteiger partial charge >= 0.3 is 0 Å². The van der Waals surface area contributed by atoms with E-state index in [0.29, 0.717) is 77.4 Å². The Balaban J connectivity index is 0.749. The highest BCUT2D eigenvalue weighted by atomic mass is 35.5. The number of aliphatic imine (C=N–C) groups is 2. The van der Waals surface area contributed by atoms with Crippen molar-refractivity contribution in [1.29, 1.82) is 0 Å². The SMILES string of the molecule is Cc1cc(N=C2CCN(c3ccc(Cl)c(Cl)c3)N2)nc(C(=O)N2CCN(C(=O)COCCOCCNC(=O)C[C@@H]3N=C(c4ccc(Cl)cc4)c4c(sc(C)c4C)-n4c(C)nnc43)CC2)n1. The van der Waals surface area contributed by atoms with Crippen molar-refractivity contribution in [1.82, 2.24) is 45.3 Å². The van der Waals surface area contributed by atoms with E-state index in [0.717, 1.165) is 38.9 Å². The van der Waals surface area contributed by atoms with Gasteiger partial charge in [0.15, 0.2) is 11.6 Å². The Morgan fingerprint density at radius 2 is 1.63 bits per heavy atom. The summed E-state index contributed by atoms with van der Waals surface area (Å²) in [5, 5.41) is 16.2. The summed E-state index contributed by atoms with van der Waals surface area (Å²) in [4.78, 5) is 62.8. The number of anilines is 1. The number of amidine groups is 1. The molecule has 8 rings (SSSR count). The third-order valence-electron chi connectivity index (χ3n) is 11.2. The van der Waals surface area contributed by atoms with Crippen molar-refractivity contribution in [3.05, 3.63) is 108 Å². The van der Waals surface area contributed by atoms with Crippen molar-refractivity contribution in [3.63, 3.8) is 0 Å². The van der Waals surface area contributed by atoms with Crippen LogP contribution in [0.5, 0.6) is 0 Å². The average Bonchev–Trinajstić information content (AvgIpc) is 3.97. The van der Waals surface area contributed by atoms with E-state index in [1.54, 1.807) is 46.3 Å². The number of piperazine rings is 1. The van der Waals surface area contributed by atoms with Gasteiger partial charge in [-0.25, -0.2) is 15.0 Å². The molecule has 2 saturated heterocycles. The Morgan fingerprint density at radius 3 is 2.40 bits per heavy atom. The molecule has 0 radical (unpaired) electrons. The van der Waals surface area contributed by atoms with Crippen LogP contribution in [0.25, 0.3) is 5.00 Å². The number of rotatable bonds is 14. The van der Waals surface area contributed by atoms with Crippen LogP contribution in [0.3, 0.4) is 0 Å². The third-order valence-corrected chi connectivity index (χ3v) is 13.3. The molecule has 340 valence electrons. The molecule has 2 fully saturated rings. The molecule has 0 spiro atoms. The predicted octanol–water partition coefficient (Wildman–Crippen LogP) is 6.17. The number of nitrogens with zero attached hydrogens (tertiary/aromatic N) is 10. The number of aryl methyl sites for hydroxylation is 3. The second kappa shape index (κ2) is 20.3. The van der Waals surface area contributed by atoms with Crippen molar-refractivity contribution < 1.29 is 23.9 Å². The van der Waals surface area contributed by atoms with Crippen molar-refractivity contribution in [2.45, 2.75) is 46.6 Å². The molecule has 0 bridgehead atoms. The minimum Gasteiger partial charge on any atom is -0.377 e. The predicted molar refractivity (Wildman–Crippen MR) is 250 cm³/mol. The van der Waals surface area contributed by atoms with Gasteiger partial charge in [0, 0.05) is 78.5 Å². The fraction of sp³-hybridized carbons (Fsp3) is 0.386. The average molecular weight is 962 g/mol. The maximum absolute atomic E-state index is 13.5. The van der Waals surface area contributed by atoms with Gasteiger partial charge in [-0.2, -0.15) is 0 Å². The second-order valence-electron chi connectivity index (χ2n) is 15.7. The smallest absolute Gasteiger partial charge is 0.291 e. The second-order valence-corrected chi connectivity index (χ2v) is 18.1. The van der Waals surface area contributed by atoms with Gasteiger partial charge in [-0.3, -0.25) is 34.4 Å². The Hall–Kier alpha value is -5.50. The number of thiophene rings is 1. The normalized spacial score (nSPS) is 16.5. The summed E-state index contributed by atoms with van der Waals surface area (Å²) in [6.07, 6.45) is 0.697. The van der Waals surface area contributed by atoms with Crippen molar-refractivity contribution >= 4 is 86.9 Å². The summed E-state index contributed by atoms with van der Waals surface area (Å²) in [7, 11) is 0. The lowest BCUT2D eigenvalue weighted by Crippen LogP contribution is -2.51. The minimum absolute atomic E-state index is 0.0482. The number of carbonyl (C=O) groups excluding carboxylic acids is 3. The molecule has 3 amide bonds. The first kappa shape index (κ1) is 46.0. The number of benzene rings is 2. The number of carbonyl (C=O) groups is 3.